The number of esters is 1. The zero-order valence-electron chi connectivity index (χ0n) is 16.3. The molecule has 0 fully saturated rings. The average Bonchev–Trinajstić information content (AvgIpc) is 2.72. The van der Waals surface area contributed by atoms with E-state index in [1.165, 1.54) is 21.3 Å². The second kappa shape index (κ2) is 10.4. The Morgan fingerprint density at radius 2 is 1.63 bits per heavy atom. The van der Waals surface area contributed by atoms with E-state index >= 15 is 0 Å². The summed E-state index contributed by atoms with van der Waals surface area (Å²) in [5.41, 5.74) is 1.50. The van der Waals surface area contributed by atoms with Gasteiger partial charge in [-0.15, -0.1) is 0 Å². The molecule has 2 aromatic rings. The second-order valence-corrected chi connectivity index (χ2v) is 6.01. The lowest BCUT2D eigenvalue weighted by Gasteiger charge is -2.18. The van der Waals surface area contributed by atoms with E-state index in [1.807, 2.05) is 37.4 Å². The molecule has 0 aliphatic rings. The van der Waals surface area contributed by atoms with Crippen LogP contribution in [0.15, 0.2) is 42.5 Å². The third-order valence-electron chi connectivity index (χ3n) is 4.33. The number of hydrogen-bond acceptors (Lipinski definition) is 6. The van der Waals surface area contributed by atoms with Crippen LogP contribution < -0.4 is 19.5 Å². The molecule has 2 aromatic carbocycles. The zero-order chi connectivity index (χ0) is 19.6. The maximum absolute atomic E-state index is 12.6. The van der Waals surface area contributed by atoms with Gasteiger partial charge in [-0.1, -0.05) is 30.3 Å². The third kappa shape index (κ3) is 5.37. The monoisotopic (exact) mass is 373 g/mol. The zero-order valence-corrected chi connectivity index (χ0v) is 16.3. The highest BCUT2D eigenvalue weighted by atomic mass is 16.5. The Hall–Kier alpha value is -2.73. The van der Waals surface area contributed by atoms with E-state index in [0.29, 0.717) is 29.4 Å². The van der Waals surface area contributed by atoms with Gasteiger partial charge in [0.05, 0.1) is 33.5 Å². The first kappa shape index (κ1) is 20.6. The summed E-state index contributed by atoms with van der Waals surface area (Å²) in [6.45, 7) is 1.13. The molecule has 0 bridgehead atoms. The van der Waals surface area contributed by atoms with Crippen LogP contribution in [0.3, 0.4) is 0 Å². The Kier molecular flexibility index (Phi) is 7.95. The van der Waals surface area contributed by atoms with Gasteiger partial charge >= 0.3 is 5.97 Å². The van der Waals surface area contributed by atoms with Gasteiger partial charge < -0.3 is 24.3 Å². The fourth-order valence-corrected chi connectivity index (χ4v) is 2.85. The van der Waals surface area contributed by atoms with Crippen molar-refractivity contribution in [2.45, 2.75) is 12.3 Å². The molecular formula is C21H27NO5. The Balaban J connectivity index is 2.15. The Morgan fingerprint density at radius 1 is 1.00 bits per heavy atom. The van der Waals surface area contributed by atoms with Crippen LogP contribution in [-0.2, 0) is 4.74 Å². The summed E-state index contributed by atoms with van der Waals surface area (Å²) in [5, 5.41) is 3.14. The molecule has 6 heteroatoms. The molecule has 2 rings (SSSR count). The molecule has 1 N–H and O–H groups in total. The van der Waals surface area contributed by atoms with Crippen molar-refractivity contribution < 1.29 is 23.7 Å². The molecule has 0 aromatic heterocycles. The molecule has 0 radical (unpaired) electrons. The van der Waals surface area contributed by atoms with E-state index in [1.54, 1.807) is 12.1 Å². The van der Waals surface area contributed by atoms with Crippen molar-refractivity contribution in [1.82, 2.24) is 5.32 Å². The molecule has 146 valence electrons. The van der Waals surface area contributed by atoms with E-state index in [2.05, 4.69) is 5.32 Å². The molecule has 1 atom stereocenters. The molecule has 0 aliphatic heterocycles. The van der Waals surface area contributed by atoms with Gasteiger partial charge in [-0.2, -0.15) is 0 Å². The van der Waals surface area contributed by atoms with Crippen molar-refractivity contribution in [2.24, 2.45) is 0 Å². The second-order valence-electron chi connectivity index (χ2n) is 6.01. The molecular weight excluding hydrogens is 346 g/mol. The highest BCUT2D eigenvalue weighted by Gasteiger charge is 2.19. The summed E-state index contributed by atoms with van der Waals surface area (Å²) in [6, 6.07) is 13.2. The van der Waals surface area contributed by atoms with Gasteiger partial charge in [0.1, 0.15) is 0 Å². The predicted octanol–water partition coefficient (Wildman–Crippen LogP) is 3.26. The van der Waals surface area contributed by atoms with Crippen LogP contribution >= 0.6 is 0 Å². The van der Waals surface area contributed by atoms with Crippen LogP contribution in [0, 0.1) is 0 Å². The molecule has 27 heavy (non-hydrogen) atoms. The summed E-state index contributed by atoms with van der Waals surface area (Å²) >= 11 is 0. The lowest BCUT2D eigenvalue weighted by molar-refractivity contribution is 0.0474. The number of methoxy groups -OCH3 is 3. The van der Waals surface area contributed by atoms with Crippen molar-refractivity contribution in [3.05, 3.63) is 53.6 Å². The van der Waals surface area contributed by atoms with Gasteiger partial charge in [0, 0.05) is 5.92 Å². The minimum absolute atomic E-state index is 0.115. The molecule has 1 unspecified atom stereocenters. The van der Waals surface area contributed by atoms with E-state index < -0.39 is 5.97 Å². The normalized spacial score (nSPS) is 11.6. The summed E-state index contributed by atoms with van der Waals surface area (Å²) < 4.78 is 21.5. The first-order valence-electron chi connectivity index (χ1n) is 8.81. The van der Waals surface area contributed by atoms with E-state index in [9.17, 15) is 4.79 Å². The molecule has 0 saturated carbocycles. The fourth-order valence-electron chi connectivity index (χ4n) is 2.85. The summed E-state index contributed by atoms with van der Waals surface area (Å²) in [7, 11) is 6.44. The standard InChI is InChI=1S/C21H27NO5/c1-22-11-10-16(15-8-6-5-7-9-15)14-27-21(23)17-12-18(24-2)20(26-4)19(13-17)25-3/h5-9,12-13,16,22H,10-11,14H2,1-4H3. The highest BCUT2D eigenvalue weighted by Crippen LogP contribution is 2.38. The lowest BCUT2D eigenvalue weighted by atomic mass is 9.96. The number of nitrogens with one attached hydrogen (secondary N) is 1. The number of carbonyl (C=O) groups excluding carboxylic acids is 1. The van der Waals surface area contributed by atoms with Crippen molar-refractivity contribution in [2.75, 3.05) is 41.5 Å². The fraction of sp³-hybridized carbons (Fsp3) is 0.381. The summed E-state index contributed by atoms with van der Waals surface area (Å²) in [5.74, 6) is 0.953. The molecule has 0 saturated heterocycles. The molecule has 0 heterocycles. The van der Waals surface area contributed by atoms with Crippen LogP contribution in [0.5, 0.6) is 17.2 Å². The van der Waals surface area contributed by atoms with Gasteiger partial charge in [-0.05, 0) is 37.7 Å². The third-order valence-corrected chi connectivity index (χ3v) is 4.33. The SMILES string of the molecule is CNCCC(COC(=O)c1cc(OC)c(OC)c(OC)c1)c1ccccc1. The van der Waals surface area contributed by atoms with Gasteiger partial charge in [0.2, 0.25) is 5.75 Å². The van der Waals surface area contributed by atoms with Crippen LogP contribution in [0.2, 0.25) is 0 Å². The Labute approximate surface area is 160 Å². The van der Waals surface area contributed by atoms with Gasteiger partial charge in [0.15, 0.2) is 11.5 Å². The molecule has 6 nitrogen and oxygen atoms in total. The van der Waals surface area contributed by atoms with Crippen molar-refractivity contribution >= 4 is 5.97 Å². The smallest absolute Gasteiger partial charge is 0.338 e. The lowest BCUT2D eigenvalue weighted by Crippen LogP contribution is -2.18. The average molecular weight is 373 g/mol. The first-order valence-corrected chi connectivity index (χ1v) is 8.81. The quantitative estimate of drug-likeness (QED) is 0.645. The minimum atomic E-state index is -0.431. The molecule has 0 amide bonds. The molecule has 0 aliphatic carbocycles. The van der Waals surface area contributed by atoms with Crippen LogP contribution in [0.25, 0.3) is 0 Å². The number of ether oxygens (including phenoxy) is 4. The maximum atomic E-state index is 12.6. The first-order chi connectivity index (χ1) is 13.1. The minimum Gasteiger partial charge on any atom is -0.493 e. The van der Waals surface area contributed by atoms with Crippen molar-refractivity contribution in [1.29, 1.82) is 0 Å². The van der Waals surface area contributed by atoms with Crippen LogP contribution in [0.1, 0.15) is 28.3 Å². The number of rotatable bonds is 10. The van der Waals surface area contributed by atoms with E-state index in [4.69, 9.17) is 18.9 Å². The van der Waals surface area contributed by atoms with E-state index in [0.717, 1.165) is 18.5 Å². The van der Waals surface area contributed by atoms with Crippen LogP contribution in [-0.4, -0.2) is 47.5 Å². The summed E-state index contributed by atoms with van der Waals surface area (Å²) in [6.07, 6.45) is 0.864. The molecule has 0 spiro atoms. The highest BCUT2D eigenvalue weighted by molar-refractivity contribution is 5.91. The number of hydrogen-bond donors (Lipinski definition) is 1. The maximum Gasteiger partial charge on any atom is 0.338 e. The van der Waals surface area contributed by atoms with Gasteiger partial charge in [-0.25, -0.2) is 4.79 Å². The van der Waals surface area contributed by atoms with Crippen molar-refractivity contribution in [3.8, 4) is 17.2 Å². The Morgan fingerprint density at radius 3 is 2.15 bits per heavy atom. The van der Waals surface area contributed by atoms with E-state index in [-0.39, 0.29) is 5.92 Å². The topological polar surface area (TPSA) is 66.0 Å². The van der Waals surface area contributed by atoms with Gasteiger partial charge in [-0.3, -0.25) is 0 Å². The predicted molar refractivity (Wildman–Crippen MR) is 104 cm³/mol. The van der Waals surface area contributed by atoms with Crippen molar-refractivity contribution in [3.63, 3.8) is 0 Å². The summed E-state index contributed by atoms with van der Waals surface area (Å²) in [4.78, 5) is 12.6. The van der Waals surface area contributed by atoms with Gasteiger partial charge in [0.25, 0.3) is 0 Å². The largest absolute Gasteiger partial charge is 0.493 e. The number of carbonyl (C=O) groups is 1. The Bertz CT molecular complexity index is 708. The number of benzene rings is 2. The van der Waals surface area contributed by atoms with Crippen LogP contribution in [0.4, 0.5) is 0 Å².